The monoisotopic (exact) mass is 244 g/mol. The van der Waals surface area contributed by atoms with E-state index < -0.39 is 5.60 Å². The molecule has 1 fully saturated rings. The Kier molecular flexibility index (Phi) is 5.88. The zero-order chi connectivity index (χ0) is 12.7. The lowest BCUT2D eigenvalue weighted by molar-refractivity contribution is -0.135. The summed E-state index contributed by atoms with van der Waals surface area (Å²) in [4.78, 5) is 13.6. The molecule has 1 rings (SSSR count). The summed E-state index contributed by atoms with van der Waals surface area (Å²) >= 11 is 0. The SMILES string of the molecule is CC(C)(O)CCNCCC(=O)N1CCOCC1. The Morgan fingerprint density at radius 3 is 2.59 bits per heavy atom. The number of hydrogen-bond acceptors (Lipinski definition) is 4. The molecule has 0 radical (unpaired) electrons. The van der Waals surface area contributed by atoms with Gasteiger partial charge in [-0.25, -0.2) is 0 Å². The normalized spacial score (nSPS) is 17.2. The third kappa shape index (κ3) is 6.61. The highest BCUT2D eigenvalue weighted by atomic mass is 16.5. The van der Waals surface area contributed by atoms with Gasteiger partial charge in [0.25, 0.3) is 0 Å². The predicted molar refractivity (Wildman–Crippen MR) is 65.8 cm³/mol. The molecule has 0 atom stereocenters. The van der Waals surface area contributed by atoms with Crippen LogP contribution in [-0.4, -0.2) is 60.9 Å². The standard InChI is InChI=1S/C12H24N2O3/c1-12(2,16)4-6-13-5-3-11(15)14-7-9-17-10-8-14/h13,16H,3-10H2,1-2H3. The van der Waals surface area contributed by atoms with Crippen molar-refractivity contribution in [2.45, 2.75) is 32.3 Å². The van der Waals surface area contributed by atoms with E-state index in [9.17, 15) is 9.90 Å². The summed E-state index contributed by atoms with van der Waals surface area (Å²) < 4.78 is 5.19. The van der Waals surface area contributed by atoms with E-state index >= 15 is 0 Å². The number of nitrogens with zero attached hydrogens (tertiary/aromatic N) is 1. The van der Waals surface area contributed by atoms with Crippen molar-refractivity contribution in [3.05, 3.63) is 0 Å². The molecule has 5 heteroatoms. The first kappa shape index (κ1) is 14.4. The Labute approximate surface area is 103 Å². The molecule has 1 saturated heterocycles. The quantitative estimate of drug-likeness (QED) is 0.645. The maximum Gasteiger partial charge on any atom is 0.224 e. The van der Waals surface area contributed by atoms with Gasteiger partial charge >= 0.3 is 0 Å². The summed E-state index contributed by atoms with van der Waals surface area (Å²) in [5.41, 5.74) is -0.638. The first-order chi connectivity index (χ1) is 7.99. The van der Waals surface area contributed by atoms with Gasteiger partial charge in [0.15, 0.2) is 0 Å². The highest BCUT2D eigenvalue weighted by Crippen LogP contribution is 2.05. The van der Waals surface area contributed by atoms with Crippen LogP contribution in [0.2, 0.25) is 0 Å². The fourth-order valence-corrected chi connectivity index (χ4v) is 1.69. The largest absolute Gasteiger partial charge is 0.390 e. The first-order valence-electron chi connectivity index (χ1n) is 6.28. The highest BCUT2D eigenvalue weighted by Gasteiger charge is 2.16. The van der Waals surface area contributed by atoms with Crippen molar-refractivity contribution in [3.63, 3.8) is 0 Å². The van der Waals surface area contributed by atoms with Crippen molar-refractivity contribution < 1.29 is 14.6 Å². The second kappa shape index (κ2) is 6.93. The third-order valence-corrected chi connectivity index (χ3v) is 2.79. The molecule has 0 bridgehead atoms. The van der Waals surface area contributed by atoms with E-state index in [4.69, 9.17) is 4.74 Å². The van der Waals surface area contributed by atoms with Crippen molar-refractivity contribution in [3.8, 4) is 0 Å². The van der Waals surface area contributed by atoms with Gasteiger partial charge in [-0.2, -0.15) is 0 Å². The molecular weight excluding hydrogens is 220 g/mol. The minimum Gasteiger partial charge on any atom is -0.390 e. The molecule has 5 nitrogen and oxygen atoms in total. The van der Waals surface area contributed by atoms with Gasteiger partial charge in [-0.1, -0.05) is 0 Å². The van der Waals surface area contributed by atoms with Crippen molar-refractivity contribution in [1.82, 2.24) is 10.2 Å². The van der Waals surface area contributed by atoms with Crippen LogP contribution in [0.15, 0.2) is 0 Å². The molecule has 1 aliphatic rings. The molecular formula is C12H24N2O3. The van der Waals surface area contributed by atoms with Gasteiger partial charge in [0.05, 0.1) is 18.8 Å². The van der Waals surface area contributed by atoms with E-state index in [1.54, 1.807) is 13.8 Å². The molecule has 1 aliphatic heterocycles. The van der Waals surface area contributed by atoms with Crippen LogP contribution in [0.5, 0.6) is 0 Å². The summed E-state index contributed by atoms with van der Waals surface area (Å²) in [6.45, 7) is 7.70. The highest BCUT2D eigenvalue weighted by molar-refractivity contribution is 5.76. The molecule has 0 aromatic heterocycles. The molecule has 1 heterocycles. The Balaban J connectivity index is 2.04. The van der Waals surface area contributed by atoms with E-state index in [0.29, 0.717) is 45.7 Å². The molecule has 2 N–H and O–H groups in total. The zero-order valence-electron chi connectivity index (χ0n) is 10.9. The van der Waals surface area contributed by atoms with Crippen LogP contribution in [0.1, 0.15) is 26.7 Å². The Morgan fingerprint density at radius 2 is 2.00 bits per heavy atom. The summed E-state index contributed by atoms with van der Waals surface area (Å²) in [7, 11) is 0. The van der Waals surface area contributed by atoms with Gasteiger partial charge in [-0.3, -0.25) is 4.79 Å². The van der Waals surface area contributed by atoms with Gasteiger partial charge in [-0.15, -0.1) is 0 Å². The van der Waals surface area contributed by atoms with Crippen LogP contribution < -0.4 is 5.32 Å². The summed E-state index contributed by atoms with van der Waals surface area (Å²) in [5.74, 6) is 0.184. The minimum atomic E-state index is -0.638. The molecule has 0 saturated carbocycles. The number of hydrogen-bond donors (Lipinski definition) is 2. The first-order valence-corrected chi connectivity index (χ1v) is 6.28. The summed E-state index contributed by atoms with van der Waals surface area (Å²) in [6, 6.07) is 0. The van der Waals surface area contributed by atoms with Crippen molar-refractivity contribution in [2.24, 2.45) is 0 Å². The molecule has 0 spiro atoms. The number of nitrogens with one attached hydrogen (secondary N) is 1. The topological polar surface area (TPSA) is 61.8 Å². The average molecular weight is 244 g/mol. The molecule has 0 aliphatic carbocycles. The van der Waals surface area contributed by atoms with E-state index in [0.717, 1.165) is 6.54 Å². The predicted octanol–water partition coefficient (Wildman–Crippen LogP) is -0.0141. The van der Waals surface area contributed by atoms with Crippen LogP contribution in [0.25, 0.3) is 0 Å². The van der Waals surface area contributed by atoms with Crippen molar-refractivity contribution in [2.75, 3.05) is 39.4 Å². The Bertz CT molecular complexity index is 232. The van der Waals surface area contributed by atoms with Crippen LogP contribution >= 0.6 is 0 Å². The van der Waals surface area contributed by atoms with Crippen molar-refractivity contribution in [1.29, 1.82) is 0 Å². The molecule has 0 aromatic carbocycles. The number of carbonyl (C=O) groups excluding carboxylic acids is 1. The van der Waals surface area contributed by atoms with Gasteiger partial charge in [0.2, 0.25) is 5.91 Å². The van der Waals surface area contributed by atoms with Gasteiger partial charge in [0, 0.05) is 26.1 Å². The lowest BCUT2D eigenvalue weighted by atomic mass is 10.1. The Hall–Kier alpha value is -0.650. The zero-order valence-corrected chi connectivity index (χ0v) is 10.9. The molecule has 17 heavy (non-hydrogen) atoms. The van der Waals surface area contributed by atoms with Gasteiger partial charge in [-0.05, 0) is 26.8 Å². The minimum absolute atomic E-state index is 0.184. The number of rotatable bonds is 6. The lowest BCUT2D eigenvalue weighted by Gasteiger charge is -2.27. The fourth-order valence-electron chi connectivity index (χ4n) is 1.69. The van der Waals surface area contributed by atoms with Crippen molar-refractivity contribution >= 4 is 5.91 Å². The third-order valence-electron chi connectivity index (χ3n) is 2.79. The van der Waals surface area contributed by atoms with Crippen LogP contribution in [0, 0.1) is 0 Å². The van der Waals surface area contributed by atoms with Crippen LogP contribution in [0.3, 0.4) is 0 Å². The van der Waals surface area contributed by atoms with E-state index in [-0.39, 0.29) is 5.91 Å². The second-order valence-electron chi connectivity index (χ2n) is 5.06. The number of amides is 1. The van der Waals surface area contributed by atoms with E-state index in [1.165, 1.54) is 0 Å². The van der Waals surface area contributed by atoms with Crippen LogP contribution in [0.4, 0.5) is 0 Å². The average Bonchev–Trinajstić information content (AvgIpc) is 2.28. The Morgan fingerprint density at radius 1 is 1.35 bits per heavy atom. The van der Waals surface area contributed by atoms with Gasteiger partial charge < -0.3 is 20.1 Å². The number of carbonyl (C=O) groups is 1. The van der Waals surface area contributed by atoms with E-state index in [2.05, 4.69) is 5.32 Å². The summed E-state index contributed by atoms with van der Waals surface area (Å²) in [5, 5.41) is 12.7. The number of morpholine rings is 1. The fraction of sp³-hybridized carbons (Fsp3) is 0.917. The number of aliphatic hydroxyl groups is 1. The number of ether oxygens (including phenoxy) is 1. The molecule has 0 unspecified atom stereocenters. The molecule has 1 amide bonds. The van der Waals surface area contributed by atoms with Crippen LogP contribution in [-0.2, 0) is 9.53 Å². The maximum absolute atomic E-state index is 11.7. The van der Waals surface area contributed by atoms with Gasteiger partial charge in [0.1, 0.15) is 0 Å². The lowest BCUT2D eigenvalue weighted by Crippen LogP contribution is -2.41. The van der Waals surface area contributed by atoms with E-state index in [1.807, 2.05) is 4.90 Å². The smallest absolute Gasteiger partial charge is 0.224 e. The maximum atomic E-state index is 11.7. The second-order valence-corrected chi connectivity index (χ2v) is 5.06. The molecule has 100 valence electrons. The summed E-state index contributed by atoms with van der Waals surface area (Å²) in [6.07, 6.45) is 1.21. The molecule has 0 aromatic rings.